The lowest BCUT2D eigenvalue weighted by Gasteiger charge is -2.30. The van der Waals surface area contributed by atoms with Crippen LogP contribution >= 0.6 is 0 Å². The Morgan fingerprint density at radius 2 is 1.90 bits per heavy atom. The maximum Gasteiger partial charge on any atom is 0.329 e. The number of nitrogen functional groups attached to an aromatic ring is 1. The van der Waals surface area contributed by atoms with Gasteiger partial charge >= 0.3 is 5.97 Å². The molecule has 1 atom stereocenters. The Balaban J connectivity index is 1.68. The lowest BCUT2D eigenvalue weighted by Crippen LogP contribution is -2.55. The number of fused-ring (bicyclic) bond motifs is 1. The van der Waals surface area contributed by atoms with Crippen molar-refractivity contribution in [2.75, 3.05) is 17.6 Å². The summed E-state index contributed by atoms with van der Waals surface area (Å²) in [6.45, 7) is 0.390. The van der Waals surface area contributed by atoms with Crippen molar-refractivity contribution in [3.8, 4) is 0 Å². The van der Waals surface area contributed by atoms with Crippen LogP contribution < -0.4 is 27.7 Å². The molecule has 16 heteroatoms. The number of carboxylic acid groups (broad SMARTS) is 1. The molecule has 3 rings (SSSR count). The third kappa shape index (κ3) is 7.62. The molecule has 2 heterocycles. The van der Waals surface area contributed by atoms with Crippen LogP contribution in [0.2, 0.25) is 0 Å². The monoisotopic (exact) mass is 537 g/mol. The Morgan fingerprint density at radius 1 is 1.15 bits per heavy atom. The lowest BCUT2D eigenvalue weighted by molar-refractivity contribution is -0.145. The van der Waals surface area contributed by atoms with E-state index in [0.29, 0.717) is 24.2 Å². The maximum atomic E-state index is 13.0. The van der Waals surface area contributed by atoms with Gasteiger partial charge in [-0.3, -0.25) is 19.4 Å². The number of primary amides is 1. The molecule has 3 aromatic rings. The van der Waals surface area contributed by atoms with Crippen molar-refractivity contribution in [2.45, 2.75) is 44.2 Å². The highest BCUT2D eigenvalue weighted by Crippen LogP contribution is 2.23. The topological polar surface area (TPSA) is 268 Å². The summed E-state index contributed by atoms with van der Waals surface area (Å²) in [7, 11) is 0. The molecule has 0 radical (unpaired) electrons. The predicted octanol–water partition coefficient (Wildman–Crippen LogP) is 1.21. The number of carbonyl (C=O) groups excluding carboxylic acids is 2. The Hall–Kier alpha value is -5.24. The minimum atomic E-state index is -1.73. The Morgan fingerprint density at radius 3 is 2.56 bits per heavy atom. The first kappa shape index (κ1) is 28.3. The summed E-state index contributed by atoms with van der Waals surface area (Å²) in [5.74, 6) is -2.70. The first-order valence-corrected chi connectivity index (χ1v) is 11.8. The molecule has 2 amide bonds. The van der Waals surface area contributed by atoms with E-state index in [1.54, 1.807) is 12.1 Å². The highest BCUT2D eigenvalue weighted by molar-refractivity contribution is 5.98. The molecule has 0 aliphatic rings. The number of aromatic amines is 1. The number of anilines is 2. The molecule has 16 nitrogen and oxygen atoms in total. The molecule has 8 N–H and O–H groups in total. The maximum absolute atomic E-state index is 13.0. The number of aromatic nitrogens is 4. The van der Waals surface area contributed by atoms with Crippen LogP contribution in [0.15, 0.2) is 40.4 Å². The average molecular weight is 538 g/mol. The van der Waals surface area contributed by atoms with Gasteiger partial charge in [-0.05, 0) is 49.1 Å². The van der Waals surface area contributed by atoms with Gasteiger partial charge in [0.2, 0.25) is 11.9 Å². The molecule has 0 saturated heterocycles. The molecule has 1 aromatic carbocycles. The van der Waals surface area contributed by atoms with Crippen molar-refractivity contribution < 1.29 is 19.5 Å². The Kier molecular flexibility index (Phi) is 9.32. The van der Waals surface area contributed by atoms with Gasteiger partial charge in [0.1, 0.15) is 5.54 Å². The molecule has 0 unspecified atom stereocenters. The van der Waals surface area contributed by atoms with Gasteiger partial charge in [-0.25, -0.2) is 14.8 Å². The zero-order valence-corrected chi connectivity index (χ0v) is 20.8. The van der Waals surface area contributed by atoms with Gasteiger partial charge in [-0.15, -0.1) is 0 Å². The fraction of sp³-hybridized carbons (Fsp3) is 0.348. The molecule has 39 heavy (non-hydrogen) atoms. The molecule has 0 fully saturated rings. The van der Waals surface area contributed by atoms with Crippen LogP contribution in [-0.2, 0) is 16.1 Å². The van der Waals surface area contributed by atoms with Gasteiger partial charge in [-0.1, -0.05) is 11.5 Å². The van der Waals surface area contributed by atoms with Gasteiger partial charge in [-0.2, -0.15) is 4.98 Å². The summed E-state index contributed by atoms with van der Waals surface area (Å²) >= 11 is 0. The zero-order valence-electron chi connectivity index (χ0n) is 20.8. The smallest absolute Gasteiger partial charge is 0.329 e. The number of H-pyrrole nitrogens is 1. The van der Waals surface area contributed by atoms with Crippen LogP contribution in [0.1, 0.15) is 48.2 Å². The molecule has 0 saturated carbocycles. The lowest BCUT2D eigenvalue weighted by atomic mass is 9.87. The SMILES string of the molecule is [N-]=[N+]=NCCCC[C@@](CCC(N)=O)(NC(=O)c1ccc(NCc2cnc3nc(N)[nH]c(=O)c3n2)cc1)C(=O)O. The minimum absolute atomic E-state index is 0.0136. The predicted molar refractivity (Wildman–Crippen MR) is 140 cm³/mol. The van der Waals surface area contributed by atoms with Gasteiger partial charge in [0.25, 0.3) is 11.5 Å². The van der Waals surface area contributed by atoms with E-state index in [4.69, 9.17) is 17.0 Å². The first-order valence-electron chi connectivity index (χ1n) is 11.8. The fourth-order valence-corrected chi connectivity index (χ4v) is 3.79. The molecule has 204 valence electrons. The van der Waals surface area contributed by atoms with Gasteiger partial charge in [0, 0.05) is 29.1 Å². The molecule has 0 aliphatic carbocycles. The van der Waals surface area contributed by atoms with E-state index in [9.17, 15) is 24.3 Å². The van der Waals surface area contributed by atoms with Crippen molar-refractivity contribution in [1.29, 1.82) is 0 Å². The number of carbonyl (C=O) groups is 3. The number of benzene rings is 1. The second-order valence-corrected chi connectivity index (χ2v) is 8.63. The van der Waals surface area contributed by atoms with E-state index in [1.165, 1.54) is 18.3 Å². The number of aliphatic carboxylic acids is 1. The molecule has 2 aromatic heterocycles. The van der Waals surface area contributed by atoms with Crippen molar-refractivity contribution >= 4 is 40.6 Å². The summed E-state index contributed by atoms with van der Waals surface area (Å²) in [6.07, 6.45) is 1.78. The summed E-state index contributed by atoms with van der Waals surface area (Å²) in [5, 5.41) is 19.0. The van der Waals surface area contributed by atoms with E-state index < -0.39 is 28.9 Å². The van der Waals surface area contributed by atoms with Crippen LogP contribution in [0.4, 0.5) is 11.6 Å². The number of hydrogen-bond donors (Lipinski definition) is 6. The van der Waals surface area contributed by atoms with E-state index in [1.807, 2.05) is 0 Å². The van der Waals surface area contributed by atoms with Crippen LogP contribution in [0.25, 0.3) is 21.6 Å². The van der Waals surface area contributed by atoms with E-state index in [-0.39, 0.29) is 55.0 Å². The standard InChI is InChI=1S/C23H27N11O5/c24-16(35)7-9-23(21(38)39,8-1-2-10-29-34-26)33-19(36)13-3-5-14(6-4-13)27-11-15-12-28-18-17(30-15)20(37)32-22(25)31-18/h3-6,12,27H,1-2,7-11H2,(H2,24,35)(H,33,36)(H,38,39)(H3,25,28,31,32,37)/t23-/m0/s1. The summed E-state index contributed by atoms with van der Waals surface area (Å²) in [4.78, 5) is 65.8. The fourth-order valence-electron chi connectivity index (χ4n) is 3.79. The van der Waals surface area contributed by atoms with E-state index >= 15 is 0 Å². The van der Waals surface area contributed by atoms with Crippen molar-refractivity contribution in [3.63, 3.8) is 0 Å². The van der Waals surface area contributed by atoms with Crippen LogP contribution in [-0.4, -0.2) is 54.9 Å². The van der Waals surface area contributed by atoms with E-state index in [0.717, 1.165) is 0 Å². The molecule has 0 aliphatic heterocycles. The Labute approximate surface area is 220 Å². The van der Waals surface area contributed by atoms with Gasteiger partial charge in [0.05, 0.1) is 18.4 Å². The second-order valence-electron chi connectivity index (χ2n) is 8.63. The first-order chi connectivity index (χ1) is 18.6. The van der Waals surface area contributed by atoms with E-state index in [2.05, 4.69) is 40.6 Å². The largest absolute Gasteiger partial charge is 0.480 e. The van der Waals surface area contributed by atoms with Crippen molar-refractivity contribution in [3.05, 3.63) is 62.5 Å². The van der Waals surface area contributed by atoms with Gasteiger partial charge < -0.3 is 27.2 Å². The average Bonchev–Trinajstić information content (AvgIpc) is 2.90. The van der Waals surface area contributed by atoms with Crippen LogP contribution in [0.5, 0.6) is 0 Å². The summed E-state index contributed by atoms with van der Waals surface area (Å²) in [6, 6.07) is 6.24. The number of amides is 2. The van der Waals surface area contributed by atoms with Crippen molar-refractivity contribution in [1.82, 2.24) is 25.3 Å². The Bertz CT molecular complexity index is 1470. The number of azide groups is 1. The number of nitrogens with one attached hydrogen (secondary N) is 3. The third-order valence-electron chi connectivity index (χ3n) is 5.84. The van der Waals surface area contributed by atoms with Crippen molar-refractivity contribution in [2.24, 2.45) is 10.8 Å². The number of carboxylic acids is 1. The molecule has 0 spiro atoms. The highest BCUT2D eigenvalue weighted by atomic mass is 16.4. The number of nitrogens with zero attached hydrogens (tertiary/aromatic N) is 6. The summed E-state index contributed by atoms with van der Waals surface area (Å²) < 4.78 is 0. The number of nitrogens with two attached hydrogens (primary N) is 2. The molecule has 0 bridgehead atoms. The summed E-state index contributed by atoms with van der Waals surface area (Å²) in [5.41, 5.74) is 18.3. The minimum Gasteiger partial charge on any atom is -0.480 e. The van der Waals surface area contributed by atoms with Gasteiger partial charge in [0.15, 0.2) is 11.2 Å². The third-order valence-corrected chi connectivity index (χ3v) is 5.84. The van der Waals surface area contributed by atoms with Crippen LogP contribution in [0, 0.1) is 0 Å². The quantitative estimate of drug-likeness (QED) is 0.0740. The molecular weight excluding hydrogens is 510 g/mol. The number of unbranched alkanes of at least 4 members (excludes halogenated alkanes) is 1. The number of rotatable bonds is 14. The second kappa shape index (κ2) is 12.8. The zero-order chi connectivity index (χ0) is 28.4. The molecular formula is C23H27N11O5. The van der Waals surface area contributed by atoms with Crippen LogP contribution in [0.3, 0.4) is 0 Å². The number of hydrogen-bond acceptors (Lipinski definition) is 10. The normalized spacial score (nSPS) is 12.2. The highest BCUT2D eigenvalue weighted by Gasteiger charge is 2.39.